The van der Waals surface area contributed by atoms with Gasteiger partial charge in [-0.3, -0.25) is 4.79 Å². The molecule has 6 heteroatoms. The summed E-state index contributed by atoms with van der Waals surface area (Å²) in [5, 5.41) is 14.5. The Hall–Kier alpha value is -2.24. The maximum Gasteiger partial charge on any atom is 0.319 e. The zero-order chi connectivity index (χ0) is 15.5. The molecule has 21 heavy (non-hydrogen) atoms. The number of ether oxygens (including phenoxy) is 1. The molecule has 6 nitrogen and oxygen atoms in total. The Balaban J connectivity index is 2.04. The van der Waals surface area contributed by atoms with Crippen LogP contribution in [0, 0.1) is 6.92 Å². The average molecular weight is 292 g/mol. The topological polar surface area (TPSA) is 87.7 Å². The van der Waals surface area contributed by atoms with Gasteiger partial charge in [-0.25, -0.2) is 4.79 Å². The summed E-state index contributed by atoms with van der Waals surface area (Å²) in [5.74, 6) is -0.334. The molecule has 0 aliphatic heterocycles. The second-order valence-corrected chi connectivity index (χ2v) is 5.49. The zero-order valence-corrected chi connectivity index (χ0v) is 12.2. The molecule has 1 aromatic carbocycles. The van der Waals surface area contributed by atoms with E-state index in [-0.39, 0.29) is 6.42 Å². The van der Waals surface area contributed by atoms with Gasteiger partial charge in [-0.2, -0.15) is 0 Å². The molecule has 0 radical (unpaired) electrons. The first kappa shape index (κ1) is 15.2. The number of benzene rings is 1. The smallest absolute Gasteiger partial charge is 0.319 e. The van der Waals surface area contributed by atoms with Gasteiger partial charge in [-0.1, -0.05) is 6.07 Å². The Bertz CT molecular complexity index is 553. The lowest BCUT2D eigenvalue weighted by Crippen LogP contribution is -2.55. The minimum absolute atomic E-state index is 0.0502. The third-order valence-corrected chi connectivity index (χ3v) is 3.78. The molecule has 0 heterocycles. The second-order valence-electron chi connectivity index (χ2n) is 5.49. The number of methoxy groups -OCH3 is 1. The molecule has 2 rings (SSSR count). The molecule has 0 unspecified atom stereocenters. The average Bonchev–Trinajstić information content (AvgIpc) is 2.35. The number of hydrogen-bond acceptors (Lipinski definition) is 3. The maximum atomic E-state index is 12.1. The van der Waals surface area contributed by atoms with Crippen LogP contribution in [0.1, 0.15) is 31.2 Å². The Morgan fingerprint density at radius 3 is 2.62 bits per heavy atom. The van der Waals surface area contributed by atoms with E-state index >= 15 is 0 Å². The third kappa shape index (κ3) is 3.65. The molecule has 1 aliphatic rings. The molecule has 2 amide bonds. The van der Waals surface area contributed by atoms with Crippen LogP contribution in [0.2, 0.25) is 0 Å². The van der Waals surface area contributed by atoms with Crippen LogP contribution in [-0.4, -0.2) is 29.8 Å². The number of rotatable bonds is 5. The molecule has 0 saturated heterocycles. The summed E-state index contributed by atoms with van der Waals surface area (Å²) in [6, 6.07) is 5.07. The van der Waals surface area contributed by atoms with Gasteiger partial charge in [-0.15, -0.1) is 0 Å². The molecule has 0 spiro atoms. The van der Waals surface area contributed by atoms with Gasteiger partial charge < -0.3 is 20.5 Å². The monoisotopic (exact) mass is 292 g/mol. The van der Waals surface area contributed by atoms with Crippen molar-refractivity contribution in [1.29, 1.82) is 0 Å². The van der Waals surface area contributed by atoms with Crippen molar-refractivity contribution >= 4 is 17.7 Å². The van der Waals surface area contributed by atoms with Crippen LogP contribution in [0.4, 0.5) is 10.5 Å². The minimum Gasteiger partial charge on any atom is -0.495 e. The SMILES string of the molecule is COc1ccc(C)cc1NC(=O)NC1(CC(=O)O)CCC1. The molecule has 114 valence electrons. The lowest BCUT2D eigenvalue weighted by Gasteiger charge is -2.41. The van der Waals surface area contributed by atoms with Gasteiger partial charge in [0.1, 0.15) is 5.75 Å². The first-order valence-corrected chi connectivity index (χ1v) is 6.90. The number of amides is 2. The van der Waals surface area contributed by atoms with Gasteiger partial charge >= 0.3 is 12.0 Å². The number of urea groups is 1. The quantitative estimate of drug-likeness (QED) is 0.778. The first-order chi connectivity index (χ1) is 9.94. The Morgan fingerprint density at radius 2 is 2.10 bits per heavy atom. The van der Waals surface area contributed by atoms with Crippen molar-refractivity contribution in [3.05, 3.63) is 23.8 Å². The predicted molar refractivity (Wildman–Crippen MR) is 78.7 cm³/mol. The summed E-state index contributed by atoms with van der Waals surface area (Å²) in [7, 11) is 1.53. The Kier molecular flexibility index (Phi) is 4.35. The summed E-state index contributed by atoms with van der Waals surface area (Å²) < 4.78 is 5.20. The number of aliphatic carboxylic acids is 1. The van der Waals surface area contributed by atoms with Crippen LogP contribution < -0.4 is 15.4 Å². The van der Waals surface area contributed by atoms with E-state index in [9.17, 15) is 9.59 Å². The highest BCUT2D eigenvalue weighted by molar-refractivity contribution is 5.92. The Labute approximate surface area is 123 Å². The highest BCUT2D eigenvalue weighted by atomic mass is 16.5. The van der Waals surface area contributed by atoms with E-state index in [1.165, 1.54) is 7.11 Å². The predicted octanol–water partition coefficient (Wildman–Crippen LogP) is 2.52. The van der Waals surface area contributed by atoms with Gasteiger partial charge in [0.15, 0.2) is 0 Å². The normalized spacial score (nSPS) is 15.7. The lowest BCUT2D eigenvalue weighted by molar-refractivity contribution is -0.139. The molecule has 1 saturated carbocycles. The van der Waals surface area contributed by atoms with Crippen LogP contribution in [-0.2, 0) is 4.79 Å². The molecular formula is C15H20N2O4. The van der Waals surface area contributed by atoms with E-state index in [1.54, 1.807) is 6.07 Å². The summed E-state index contributed by atoms with van der Waals surface area (Å²) in [5.41, 5.74) is 0.947. The van der Waals surface area contributed by atoms with Gasteiger partial charge in [0.2, 0.25) is 0 Å². The van der Waals surface area contributed by atoms with Gasteiger partial charge in [0.25, 0.3) is 0 Å². The van der Waals surface area contributed by atoms with Crippen molar-refractivity contribution in [2.24, 2.45) is 0 Å². The van der Waals surface area contributed by atoms with E-state index in [2.05, 4.69) is 10.6 Å². The number of anilines is 1. The minimum atomic E-state index is -0.900. The summed E-state index contributed by atoms with van der Waals surface area (Å²) in [6.07, 6.45) is 2.27. The van der Waals surface area contributed by atoms with Crippen molar-refractivity contribution < 1.29 is 19.4 Å². The van der Waals surface area contributed by atoms with E-state index in [4.69, 9.17) is 9.84 Å². The van der Waals surface area contributed by atoms with Crippen molar-refractivity contribution in [2.45, 2.75) is 38.1 Å². The highest BCUT2D eigenvalue weighted by Crippen LogP contribution is 2.35. The number of carbonyl (C=O) groups excluding carboxylic acids is 1. The fourth-order valence-corrected chi connectivity index (χ4v) is 2.55. The molecule has 0 bridgehead atoms. The Morgan fingerprint density at radius 1 is 1.38 bits per heavy atom. The number of hydrogen-bond donors (Lipinski definition) is 3. The van der Waals surface area contributed by atoms with Crippen molar-refractivity contribution in [1.82, 2.24) is 5.32 Å². The van der Waals surface area contributed by atoms with Crippen LogP contribution in [0.5, 0.6) is 5.75 Å². The second kappa shape index (κ2) is 6.03. The third-order valence-electron chi connectivity index (χ3n) is 3.78. The summed E-state index contributed by atoms with van der Waals surface area (Å²) >= 11 is 0. The van der Waals surface area contributed by atoms with Gasteiger partial charge in [0, 0.05) is 0 Å². The largest absolute Gasteiger partial charge is 0.495 e. The number of carboxylic acids is 1. The van der Waals surface area contributed by atoms with Crippen LogP contribution in [0.25, 0.3) is 0 Å². The molecule has 3 N–H and O–H groups in total. The molecule has 1 fully saturated rings. The molecule has 0 aromatic heterocycles. The standard InChI is InChI=1S/C15H20N2O4/c1-10-4-5-12(21-2)11(8-10)16-14(20)17-15(6-3-7-15)9-13(18)19/h4-5,8H,3,6-7,9H2,1-2H3,(H,18,19)(H2,16,17,20). The molecule has 0 atom stereocenters. The number of carbonyl (C=O) groups is 2. The zero-order valence-electron chi connectivity index (χ0n) is 12.2. The van der Waals surface area contributed by atoms with Gasteiger partial charge in [-0.05, 0) is 43.9 Å². The van der Waals surface area contributed by atoms with Crippen molar-refractivity contribution in [2.75, 3.05) is 12.4 Å². The van der Waals surface area contributed by atoms with E-state index in [1.807, 2.05) is 19.1 Å². The molecule has 1 aromatic rings. The van der Waals surface area contributed by atoms with Crippen molar-refractivity contribution in [3.8, 4) is 5.75 Å². The van der Waals surface area contributed by atoms with Crippen LogP contribution >= 0.6 is 0 Å². The van der Waals surface area contributed by atoms with Crippen molar-refractivity contribution in [3.63, 3.8) is 0 Å². The number of carboxylic acid groups (broad SMARTS) is 1. The first-order valence-electron chi connectivity index (χ1n) is 6.90. The molecular weight excluding hydrogens is 272 g/mol. The fraction of sp³-hybridized carbons (Fsp3) is 0.467. The lowest BCUT2D eigenvalue weighted by atomic mass is 9.74. The number of nitrogens with one attached hydrogen (secondary N) is 2. The number of aryl methyl sites for hydroxylation is 1. The van der Waals surface area contributed by atoms with E-state index in [0.717, 1.165) is 12.0 Å². The summed E-state index contributed by atoms with van der Waals surface area (Å²) in [6.45, 7) is 1.92. The van der Waals surface area contributed by atoms with Crippen LogP contribution in [0.15, 0.2) is 18.2 Å². The highest BCUT2D eigenvalue weighted by Gasteiger charge is 2.40. The fourth-order valence-electron chi connectivity index (χ4n) is 2.55. The van der Waals surface area contributed by atoms with Crippen LogP contribution in [0.3, 0.4) is 0 Å². The van der Waals surface area contributed by atoms with Gasteiger partial charge in [0.05, 0.1) is 24.8 Å². The maximum absolute atomic E-state index is 12.1. The van der Waals surface area contributed by atoms with E-state index < -0.39 is 17.5 Å². The summed E-state index contributed by atoms with van der Waals surface area (Å²) in [4.78, 5) is 23.0. The molecule has 1 aliphatic carbocycles. The van der Waals surface area contributed by atoms with E-state index in [0.29, 0.717) is 24.3 Å².